The Morgan fingerprint density at radius 2 is 1.97 bits per heavy atom. The molecular weight excluding hydrogens is 406 g/mol. The Bertz CT molecular complexity index is 1220. The van der Waals surface area contributed by atoms with Crippen LogP contribution in [0.5, 0.6) is 0 Å². The second-order valence-electron chi connectivity index (χ2n) is 7.82. The van der Waals surface area contributed by atoms with Gasteiger partial charge < -0.3 is 14.8 Å². The highest BCUT2D eigenvalue weighted by molar-refractivity contribution is 5.97. The average Bonchev–Trinajstić information content (AvgIpc) is 2.82. The second kappa shape index (κ2) is 9.13. The average molecular weight is 431 g/mol. The van der Waals surface area contributed by atoms with Gasteiger partial charge >= 0.3 is 0 Å². The molecule has 0 aliphatic carbocycles. The first-order valence-corrected chi connectivity index (χ1v) is 10.6. The molecular formula is C24H25N5O3. The number of pyridine rings is 1. The maximum atomic E-state index is 13.1. The van der Waals surface area contributed by atoms with Crippen molar-refractivity contribution < 1.29 is 9.59 Å². The minimum absolute atomic E-state index is 0.155. The summed E-state index contributed by atoms with van der Waals surface area (Å²) in [6.45, 7) is 2.95. The lowest BCUT2D eigenvalue weighted by Gasteiger charge is -2.30. The van der Waals surface area contributed by atoms with Crippen molar-refractivity contribution in [2.45, 2.75) is 32.9 Å². The standard InChI is InChI=1S/C24H25N5O3/c1-16-20(12-26-15-27-16)23(31)28-11-9-19-18(13-28)14-29(24(32)21(19)22(30)25-2)10-8-17-6-4-3-5-7-17/h3-7,12,14-15H,8-11,13H2,1-2H3,(H,25,30). The molecule has 0 saturated carbocycles. The lowest BCUT2D eigenvalue weighted by molar-refractivity contribution is 0.0732. The van der Waals surface area contributed by atoms with Crippen LogP contribution in [0.1, 0.15) is 43.1 Å². The van der Waals surface area contributed by atoms with Crippen molar-refractivity contribution in [3.8, 4) is 0 Å². The third-order valence-electron chi connectivity index (χ3n) is 5.84. The van der Waals surface area contributed by atoms with E-state index in [0.29, 0.717) is 43.7 Å². The Morgan fingerprint density at radius 3 is 2.69 bits per heavy atom. The predicted octanol–water partition coefficient (Wildman–Crippen LogP) is 1.75. The van der Waals surface area contributed by atoms with Gasteiger partial charge in [0.2, 0.25) is 0 Å². The molecule has 3 aromatic rings. The van der Waals surface area contributed by atoms with Crippen LogP contribution >= 0.6 is 0 Å². The first-order valence-electron chi connectivity index (χ1n) is 10.6. The number of aromatic nitrogens is 3. The summed E-state index contributed by atoms with van der Waals surface area (Å²) >= 11 is 0. The molecule has 0 radical (unpaired) electrons. The number of nitrogens with one attached hydrogen (secondary N) is 1. The van der Waals surface area contributed by atoms with E-state index in [4.69, 9.17) is 0 Å². The van der Waals surface area contributed by atoms with E-state index in [-0.39, 0.29) is 17.0 Å². The van der Waals surface area contributed by atoms with Gasteiger partial charge in [-0.15, -0.1) is 0 Å². The summed E-state index contributed by atoms with van der Waals surface area (Å²) < 4.78 is 1.58. The van der Waals surface area contributed by atoms with E-state index >= 15 is 0 Å². The van der Waals surface area contributed by atoms with E-state index in [1.165, 1.54) is 19.6 Å². The second-order valence-corrected chi connectivity index (χ2v) is 7.82. The number of fused-ring (bicyclic) bond motifs is 1. The van der Waals surface area contributed by atoms with Gasteiger partial charge in [0.1, 0.15) is 11.9 Å². The Kier molecular flexibility index (Phi) is 6.11. The van der Waals surface area contributed by atoms with Crippen LogP contribution in [0, 0.1) is 6.92 Å². The number of nitrogens with zero attached hydrogens (tertiary/aromatic N) is 4. The Hall–Kier alpha value is -3.81. The Labute approximate surface area is 185 Å². The first-order chi connectivity index (χ1) is 15.5. The van der Waals surface area contributed by atoms with Crippen LogP contribution in [0.3, 0.4) is 0 Å². The summed E-state index contributed by atoms with van der Waals surface area (Å²) in [5, 5.41) is 2.59. The molecule has 4 rings (SSSR count). The maximum Gasteiger partial charge on any atom is 0.263 e. The third kappa shape index (κ3) is 4.16. The van der Waals surface area contributed by atoms with Gasteiger partial charge in [0.25, 0.3) is 17.4 Å². The zero-order chi connectivity index (χ0) is 22.7. The van der Waals surface area contributed by atoms with Crippen LogP contribution in [0.4, 0.5) is 0 Å². The van der Waals surface area contributed by atoms with Crippen LogP contribution < -0.4 is 10.9 Å². The number of carbonyl (C=O) groups excluding carboxylic acids is 2. The van der Waals surface area contributed by atoms with Gasteiger partial charge in [0.05, 0.1) is 11.3 Å². The zero-order valence-corrected chi connectivity index (χ0v) is 18.2. The summed E-state index contributed by atoms with van der Waals surface area (Å²) in [5.74, 6) is -0.551. The molecule has 0 unspecified atom stereocenters. The van der Waals surface area contributed by atoms with Crippen LogP contribution in [0.25, 0.3) is 0 Å². The van der Waals surface area contributed by atoms with Crippen molar-refractivity contribution in [3.63, 3.8) is 0 Å². The van der Waals surface area contributed by atoms with Crippen LogP contribution in [0.15, 0.2) is 53.8 Å². The summed E-state index contributed by atoms with van der Waals surface area (Å²) in [7, 11) is 1.52. The minimum atomic E-state index is -0.396. The molecule has 2 aromatic heterocycles. The molecule has 8 heteroatoms. The van der Waals surface area contributed by atoms with Gasteiger partial charge in [0.15, 0.2) is 0 Å². The van der Waals surface area contributed by atoms with E-state index in [0.717, 1.165) is 16.7 Å². The molecule has 0 saturated heterocycles. The van der Waals surface area contributed by atoms with E-state index < -0.39 is 5.91 Å². The number of amides is 2. The normalized spacial score (nSPS) is 12.9. The number of aryl methyl sites for hydroxylation is 3. The third-order valence-corrected chi connectivity index (χ3v) is 5.84. The molecule has 1 aromatic carbocycles. The van der Waals surface area contributed by atoms with Crippen LogP contribution in [-0.2, 0) is 25.9 Å². The molecule has 1 aliphatic heterocycles. The number of hydrogen-bond donors (Lipinski definition) is 1. The van der Waals surface area contributed by atoms with Crippen LogP contribution in [-0.4, -0.2) is 44.8 Å². The van der Waals surface area contributed by atoms with Crippen molar-refractivity contribution >= 4 is 11.8 Å². The highest BCUT2D eigenvalue weighted by Crippen LogP contribution is 2.23. The molecule has 0 fully saturated rings. The molecule has 32 heavy (non-hydrogen) atoms. The molecule has 3 heterocycles. The molecule has 8 nitrogen and oxygen atoms in total. The predicted molar refractivity (Wildman–Crippen MR) is 119 cm³/mol. The molecule has 1 N–H and O–H groups in total. The van der Waals surface area contributed by atoms with E-state index in [1.807, 2.05) is 30.3 Å². The summed E-state index contributed by atoms with van der Waals surface area (Å²) in [6.07, 6.45) is 5.83. The van der Waals surface area contributed by atoms with Crippen molar-refractivity contribution in [3.05, 3.63) is 92.9 Å². The lowest BCUT2D eigenvalue weighted by Crippen LogP contribution is -2.41. The van der Waals surface area contributed by atoms with Crippen molar-refractivity contribution in [1.82, 2.24) is 24.8 Å². The number of carbonyl (C=O) groups is 2. The van der Waals surface area contributed by atoms with Gasteiger partial charge in [-0.25, -0.2) is 9.97 Å². The topological polar surface area (TPSA) is 97.2 Å². The van der Waals surface area contributed by atoms with Gasteiger partial charge in [-0.2, -0.15) is 0 Å². The lowest BCUT2D eigenvalue weighted by atomic mass is 9.95. The maximum absolute atomic E-state index is 13.1. The number of rotatable bonds is 5. The highest BCUT2D eigenvalue weighted by atomic mass is 16.2. The largest absolute Gasteiger partial charge is 0.355 e. The SMILES string of the molecule is CNC(=O)c1c2c(cn(CCc3ccccc3)c1=O)CN(C(=O)c1cncnc1C)CC2. The van der Waals surface area contributed by atoms with Gasteiger partial charge in [-0.05, 0) is 36.5 Å². The monoisotopic (exact) mass is 431 g/mol. The molecule has 0 atom stereocenters. The van der Waals surface area contributed by atoms with Crippen molar-refractivity contribution in [2.75, 3.05) is 13.6 Å². The smallest absolute Gasteiger partial charge is 0.263 e. The molecule has 0 bridgehead atoms. The van der Waals surface area contributed by atoms with Crippen LogP contribution in [0.2, 0.25) is 0 Å². The Morgan fingerprint density at radius 1 is 1.19 bits per heavy atom. The number of benzene rings is 1. The van der Waals surface area contributed by atoms with Crippen molar-refractivity contribution in [2.24, 2.45) is 0 Å². The van der Waals surface area contributed by atoms with Gasteiger partial charge in [0, 0.05) is 39.1 Å². The number of hydrogen-bond acceptors (Lipinski definition) is 5. The first kappa shape index (κ1) is 21.4. The summed E-state index contributed by atoms with van der Waals surface area (Å²) in [4.78, 5) is 48.6. The summed E-state index contributed by atoms with van der Waals surface area (Å²) in [5.41, 5.74) is 3.58. The summed E-state index contributed by atoms with van der Waals surface area (Å²) in [6, 6.07) is 9.88. The van der Waals surface area contributed by atoms with Gasteiger partial charge in [-0.1, -0.05) is 30.3 Å². The van der Waals surface area contributed by atoms with E-state index in [2.05, 4.69) is 15.3 Å². The van der Waals surface area contributed by atoms with E-state index in [9.17, 15) is 14.4 Å². The molecule has 1 aliphatic rings. The van der Waals surface area contributed by atoms with E-state index in [1.54, 1.807) is 22.6 Å². The highest BCUT2D eigenvalue weighted by Gasteiger charge is 2.28. The quantitative estimate of drug-likeness (QED) is 0.664. The fourth-order valence-electron chi connectivity index (χ4n) is 4.08. The Balaban J connectivity index is 1.68. The molecule has 164 valence electrons. The zero-order valence-electron chi connectivity index (χ0n) is 18.2. The van der Waals surface area contributed by atoms with Gasteiger partial charge in [-0.3, -0.25) is 14.4 Å². The molecule has 0 spiro atoms. The fraction of sp³-hybridized carbons (Fsp3) is 0.292. The van der Waals surface area contributed by atoms with Crippen molar-refractivity contribution in [1.29, 1.82) is 0 Å². The molecule has 2 amide bonds. The minimum Gasteiger partial charge on any atom is -0.355 e. The fourth-order valence-corrected chi connectivity index (χ4v) is 4.08.